The van der Waals surface area contributed by atoms with Crippen LogP contribution in [0.2, 0.25) is 0 Å². The van der Waals surface area contributed by atoms with Gasteiger partial charge in [0.15, 0.2) is 11.5 Å². The number of hydrogen-bond acceptors (Lipinski definition) is 11. The molecule has 12 nitrogen and oxygen atoms in total. The molecule has 1 aliphatic rings. The molecule has 0 saturated carbocycles. The Labute approximate surface area is 260 Å². The zero-order chi connectivity index (χ0) is 32.2. The number of nitrogens with one attached hydrogen (secondary N) is 1. The minimum absolute atomic E-state index is 0.0105. The van der Waals surface area contributed by atoms with Crippen LogP contribution in [0, 0.1) is 17.0 Å². The summed E-state index contributed by atoms with van der Waals surface area (Å²) in [6, 6.07) is 12.5. The van der Waals surface area contributed by atoms with E-state index in [9.17, 15) is 28.1 Å². The van der Waals surface area contributed by atoms with Crippen molar-refractivity contribution in [3.05, 3.63) is 69.1 Å². The van der Waals surface area contributed by atoms with Crippen molar-refractivity contribution >= 4 is 44.7 Å². The van der Waals surface area contributed by atoms with Crippen LogP contribution in [0.4, 0.5) is 11.4 Å². The van der Waals surface area contributed by atoms with E-state index in [-0.39, 0.29) is 33.9 Å². The minimum atomic E-state index is -3.77. The fourth-order valence-corrected chi connectivity index (χ4v) is 7.43. The van der Waals surface area contributed by atoms with Crippen LogP contribution in [0.15, 0.2) is 53.4 Å². The molecule has 4 rings (SSSR count). The van der Waals surface area contributed by atoms with Gasteiger partial charge in [-0.1, -0.05) is 12.1 Å². The van der Waals surface area contributed by atoms with Crippen molar-refractivity contribution in [2.24, 2.45) is 0 Å². The van der Waals surface area contributed by atoms with E-state index >= 15 is 0 Å². The number of rotatable bonds is 10. The van der Waals surface area contributed by atoms with E-state index in [2.05, 4.69) is 5.32 Å². The summed E-state index contributed by atoms with van der Waals surface area (Å²) in [5.41, 5.74) is 1.49. The van der Waals surface area contributed by atoms with Crippen LogP contribution in [0.5, 0.6) is 5.75 Å². The van der Waals surface area contributed by atoms with E-state index in [1.807, 2.05) is 31.2 Å². The number of nitrogens with zero attached hydrogens (tertiary/aromatic N) is 2. The van der Waals surface area contributed by atoms with Crippen LogP contribution < -0.4 is 10.1 Å². The molecule has 1 fully saturated rings. The monoisotopic (exact) mass is 645 g/mol. The molecule has 2 heterocycles. The standard InChI is InChI=1S/C30H35N3O9S2/c1-19-26(41-18-25(34)42-30(2,3)4)28(29(35)40-5)43-27(19)20-7-6-8-22(17-20)31-21-13-15-32(16-14-21)44(38,39)24-11-9-23(10-12-24)33(36)37/h6-12,17,21,31H,13-16,18H2,1-5H3. The maximum absolute atomic E-state index is 13.1. The zero-order valence-corrected chi connectivity index (χ0v) is 26.7. The highest BCUT2D eigenvalue weighted by atomic mass is 32.2. The highest BCUT2D eigenvalue weighted by molar-refractivity contribution is 7.89. The smallest absolute Gasteiger partial charge is 0.351 e. The number of nitro groups is 1. The van der Waals surface area contributed by atoms with Gasteiger partial charge in [-0.25, -0.2) is 18.0 Å². The second-order valence-corrected chi connectivity index (χ2v) is 14.2. The van der Waals surface area contributed by atoms with Gasteiger partial charge in [0.2, 0.25) is 10.0 Å². The van der Waals surface area contributed by atoms with E-state index in [4.69, 9.17) is 14.2 Å². The van der Waals surface area contributed by atoms with Gasteiger partial charge in [-0.05, 0) is 70.4 Å². The predicted octanol–water partition coefficient (Wildman–Crippen LogP) is 5.40. The summed E-state index contributed by atoms with van der Waals surface area (Å²) < 4.78 is 43.6. The van der Waals surface area contributed by atoms with Crippen molar-refractivity contribution in [3.63, 3.8) is 0 Å². The largest absolute Gasteiger partial charge is 0.480 e. The lowest BCUT2D eigenvalue weighted by atomic mass is 10.0. The van der Waals surface area contributed by atoms with Crippen molar-refractivity contribution in [2.45, 2.75) is 57.1 Å². The molecule has 0 aliphatic carbocycles. The molecule has 44 heavy (non-hydrogen) atoms. The first-order valence-corrected chi connectivity index (χ1v) is 16.1. The van der Waals surface area contributed by atoms with Crippen LogP contribution in [-0.2, 0) is 24.3 Å². The molecule has 1 N–H and O–H groups in total. The number of carbonyl (C=O) groups is 2. The third kappa shape index (κ3) is 7.73. The number of sulfonamides is 1. The Balaban J connectivity index is 1.45. The molecule has 1 aromatic heterocycles. The maximum atomic E-state index is 13.1. The number of methoxy groups -OCH3 is 1. The molecule has 1 aliphatic heterocycles. The van der Waals surface area contributed by atoms with Crippen molar-refractivity contribution in [2.75, 3.05) is 32.1 Å². The fraction of sp³-hybridized carbons (Fsp3) is 0.400. The number of anilines is 1. The van der Waals surface area contributed by atoms with E-state index in [0.29, 0.717) is 31.5 Å². The Morgan fingerprint density at radius 3 is 2.36 bits per heavy atom. The van der Waals surface area contributed by atoms with E-state index in [1.54, 1.807) is 20.8 Å². The molecule has 0 radical (unpaired) electrons. The first kappa shape index (κ1) is 32.9. The fourth-order valence-electron chi connectivity index (χ4n) is 4.79. The summed E-state index contributed by atoms with van der Waals surface area (Å²) in [7, 11) is -2.49. The molecule has 0 spiro atoms. The Morgan fingerprint density at radius 2 is 1.77 bits per heavy atom. The van der Waals surface area contributed by atoms with Gasteiger partial charge >= 0.3 is 11.9 Å². The number of thiophene rings is 1. The molecule has 14 heteroatoms. The van der Waals surface area contributed by atoms with E-state index < -0.39 is 32.5 Å². The zero-order valence-electron chi connectivity index (χ0n) is 25.1. The molecular formula is C30H35N3O9S2. The van der Waals surface area contributed by atoms with Crippen LogP contribution >= 0.6 is 11.3 Å². The number of nitro benzene ring substituents is 1. The van der Waals surface area contributed by atoms with Gasteiger partial charge in [0.1, 0.15) is 11.4 Å². The molecule has 2 aromatic carbocycles. The normalized spacial score (nSPS) is 14.6. The van der Waals surface area contributed by atoms with Crippen molar-refractivity contribution in [1.82, 2.24) is 4.31 Å². The van der Waals surface area contributed by atoms with E-state index in [0.717, 1.165) is 16.1 Å². The number of hydrogen-bond donors (Lipinski definition) is 1. The Kier molecular flexibility index (Phi) is 9.96. The molecule has 1 saturated heterocycles. The van der Waals surface area contributed by atoms with Gasteiger partial charge in [-0.15, -0.1) is 11.3 Å². The van der Waals surface area contributed by atoms with E-state index in [1.165, 1.54) is 47.0 Å². The van der Waals surface area contributed by atoms with Gasteiger partial charge in [0.05, 0.1) is 16.9 Å². The number of esters is 2. The van der Waals surface area contributed by atoms with Gasteiger partial charge in [-0.3, -0.25) is 10.1 Å². The maximum Gasteiger partial charge on any atom is 0.351 e. The average Bonchev–Trinajstić information content (AvgIpc) is 3.31. The van der Waals surface area contributed by atoms with Gasteiger partial charge < -0.3 is 19.5 Å². The molecule has 3 aromatic rings. The summed E-state index contributed by atoms with van der Waals surface area (Å²) in [5.74, 6) is -0.866. The molecule has 0 atom stereocenters. The highest BCUT2D eigenvalue weighted by Gasteiger charge is 2.30. The van der Waals surface area contributed by atoms with Crippen LogP contribution in [-0.4, -0.2) is 68.0 Å². The third-order valence-electron chi connectivity index (χ3n) is 6.85. The van der Waals surface area contributed by atoms with Crippen LogP contribution in [0.3, 0.4) is 0 Å². The predicted molar refractivity (Wildman–Crippen MR) is 166 cm³/mol. The first-order chi connectivity index (χ1) is 20.7. The first-order valence-electron chi connectivity index (χ1n) is 13.9. The molecule has 236 valence electrons. The second-order valence-electron chi connectivity index (χ2n) is 11.2. The van der Waals surface area contributed by atoms with Crippen molar-refractivity contribution in [1.29, 1.82) is 0 Å². The molecule has 0 bridgehead atoms. The Hall–Kier alpha value is -4.01. The lowest BCUT2D eigenvalue weighted by Crippen LogP contribution is -2.42. The lowest BCUT2D eigenvalue weighted by molar-refractivity contribution is -0.384. The molecule has 0 amide bonds. The number of non-ortho nitro benzene ring substituents is 1. The van der Waals surface area contributed by atoms with Crippen LogP contribution in [0.25, 0.3) is 10.4 Å². The summed E-state index contributed by atoms with van der Waals surface area (Å²) in [4.78, 5) is 36.2. The average molecular weight is 646 g/mol. The van der Waals surface area contributed by atoms with Gasteiger partial charge in [0, 0.05) is 47.4 Å². The van der Waals surface area contributed by atoms with Crippen molar-refractivity contribution in [3.8, 4) is 16.2 Å². The second kappa shape index (κ2) is 13.3. The quantitative estimate of drug-likeness (QED) is 0.172. The minimum Gasteiger partial charge on any atom is -0.480 e. The summed E-state index contributed by atoms with van der Waals surface area (Å²) in [5, 5.41) is 14.4. The topological polar surface area (TPSA) is 154 Å². The summed E-state index contributed by atoms with van der Waals surface area (Å²) in [6.07, 6.45) is 1.12. The number of carbonyl (C=O) groups excluding carboxylic acids is 2. The number of piperidine rings is 1. The lowest BCUT2D eigenvalue weighted by Gasteiger charge is -2.32. The Bertz CT molecular complexity index is 1640. The SMILES string of the molecule is COC(=O)c1sc(-c2cccc(NC3CCN(S(=O)(=O)c4ccc([N+](=O)[O-])cc4)CC3)c2)c(C)c1OCC(=O)OC(C)(C)C. The number of benzene rings is 2. The van der Waals surface area contributed by atoms with Gasteiger partial charge in [0.25, 0.3) is 5.69 Å². The summed E-state index contributed by atoms with van der Waals surface area (Å²) in [6.45, 7) is 7.30. The number of ether oxygens (including phenoxy) is 3. The third-order valence-corrected chi connectivity index (χ3v) is 10.1. The summed E-state index contributed by atoms with van der Waals surface area (Å²) >= 11 is 1.20. The van der Waals surface area contributed by atoms with Crippen molar-refractivity contribution < 1.29 is 37.1 Å². The molecular weight excluding hydrogens is 610 g/mol. The molecule has 0 unspecified atom stereocenters. The highest BCUT2D eigenvalue weighted by Crippen LogP contribution is 2.42. The Morgan fingerprint density at radius 1 is 1.11 bits per heavy atom. The van der Waals surface area contributed by atoms with Gasteiger partial charge in [-0.2, -0.15) is 4.31 Å². The van der Waals surface area contributed by atoms with Crippen LogP contribution in [0.1, 0.15) is 48.8 Å².